The fourth-order valence-corrected chi connectivity index (χ4v) is 3.02. The molecule has 0 aliphatic carbocycles. The molecule has 5 nitrogen and oxygen atoms in total. The number of rotatable bonds is 3. The van der Waals surface area contributed by atoms with Gasteiger partial charge in [0.05, 0.1) is 19.3 Å². The van der Waals surface area contributed by atoms with Crippen molar-refractivity contribution in [2.24, 2.45) is 0 Å². The summed E-state index contributed by atoms with van der Waals surface area (Å²) in [5.41, 5.74) is 2.66. The summed E-state index contributed by atoms with van der Waals surface area (Å²) in [6, 6.07) is 17.4. The standard InChI is InChI=1S/C20H18N2O3/c23-20(17-8-6-16(7-9-17)18-12-21-14-25-18)22-10-11-24-19(13-22)15-4-2-1-3-5-15/h1-9,12,14,19H,10-11,13H2/t19-/m1/s1. The Morgan fingerprint density at radius 1 is 1.08 bits per heavy atom. The first kappa shape index (κ1) is 15.6. The molecule has 25 heavy (non-hydrogen) atoms. The maximum atomic E-state index is 12.8. The molecule has 1 aromatic heterocycles. The highest BCUT2D eigenvalue weighted by Gasteiger charge is 2.26. The Hall–Kier alpha value is -2.92. The Morgan fingerprint density at radius 2 is 1.88 bits per heavy atom. The normalized spacial score (nSPS) is 17.4. The van der Waals surface area contributed by atoms with Crippen LogP contribution in [-0.2, 0) is 4.74 Å². The van der Waals surface area contributed by atoms with Gasteiger partial charge in [0, 0.05) is 17.7 Å². The molecule has 1 aliphatic heterocycles. The highest BCUT2D eigenvalue weighted by molar-refractivity contribution is 5.94. The van der Waals surface area contributed by atoms with Gasteiger partial charge in [0.15, 0.2) is 12.2 Å². The van der Waals surface area contributed by atoms with E-state index in [9.17, 15) is 4.79 Å². The van der Waals surface area contributed by atoms with E-state index in [1.54, 1.807) is 6.20 Å². The number of aromatic nitrogens is 1. The molecule has 126 valence electrons. The van der Waals surface area contributed by atoms with Gasteiger partial charge in [-0.3, -0.25) is 4.79 Å². The molecule has 1 saturated heterocycles. The number of benzene rings is 2. The van der Waals surface area contributed by atoms with E-state index >= 15 is 0 Å². The van der Waals surface area contributed by atoms with E-state index in [1.807, 2.05) is 59.5 Å². The van der Waals surface area contributed by atoms with Crippen LogP contribution < -0.4 is 0 Å². The Balaban J connectivity index is 1.48. The van der Waals surface area contributed by atoms with Crippen LogP contribution in [0, 0.1) is 0 Å². The van der Waals surface area contributed by atoms with Crippen LogP contribution in [0.2, 0.25) is 0 Å². The van der Waals surface area contributed by atoms with Gasteiger partial charge in [-0.2, -0.15) is 0 Å². The zero-order chi connectivity index (χ0) is 17.1. The Kier molecular flexibility index (Phi) is 4.31. The first-order valence-electron chi connectivity index (χ1n) is 8.26. The van der Waals surface area contributed by atoms with Crippen molar-refractivity contribution in [2.75, 3.05) is 19.7 Å². The van der Waals surface area contributed by atoms with E-state index in [-0.39, 0.29) is 12.0 Å². The SMILES string of the molecule is O=C(c1ccc(-c2cnco2)cc1)N1CCO[C@@H](c2ccccc2)C1. The molecule has 0 N–H and O–H groups in total. The lowest BCUT2D eigenvalue weighted by atomic mass is 10.1. The predicted molar refractivity (Wildman–Crippen MR) is 93.0 cm³/mol. The summed E-state index contributed by atoms with van der Waals surface area (Å²) in [4.78, 5) is 18.6. The molecule has 0 spiro atoms. The second-order valence-electron chi connectivity index (χ2n) is 5.96. The highest BCUT2D eigenvalue weighted by atomic mass is 16.5. The number of hydrogen-bond donors (Lipinski definition) is 0. The summed E-state index contributed by atoms with van der Waals surface area (Å²) in [5, 5.41) is 0. The largest absolute Gasteiger partial charge is 0.444 e. The van der Waals surface area contributed by atoms with Crippen LogP contribution in [0.5, 0.6) is 0 Å². The molecule has 0 saturated carbocycles. The van der Waals surface area contributed by atoms with E-state index < -0.39 is 0 Å². The third-order valence-corrected chi connectivity index (χ3v) is 4.37. The highest BCUT2D eigenvalue weighted by Crippen LogP contribution is 2.24. The average molecular weight is 334 g/mol. The maximum Gasteiger partial charge on any atom is 0.254 e. The van der Waals surface area contributed by atoms with Gasteiger partial charge >= 0.3 is 0 Å². The molecule has 2 aromatic carbocycles. The van der Waals surface area contributed by atoms with E-state index in [1.165, 1.54) is 6.39 Å². The van der Waals surface area contributed by atoms with Gasteiger partial charge in [0.25, 0.3) is 5.91 Å². The Morgan fingerprint density at radius 3 is 2.60 bits per heavy atom. The minimum Gasteiger partial charge on any atom is -0.444 e. The van der Waals surface area contributed by atoms with Gasteiger partial charge in [-0.1, -0.05) is 42.5 Å². The fraction of sp³-hybridized carbons (Fsp3) is 0.200. The van der Waals surface area contributed by atoms with Gasteiger partial charge in [-0.15, -0.1) is 0 Å². The zero-order valence-corrected chi connectivity index (χ0v) is 13.7. The van der Waals surface area contributed by atoms with Crippen molar-refractivity contribution in [2.45, 2.75) is 6.10 Å². The molecule has 5 heteroatoms. The summed E-state index contributed by atoms with van der Waals surface area (Å²) in [7, 11) is 0. The third-order valence-electron chi connectivity index (χ3n) is 4.37. The van der Waals surface area contributed by atoms with E-state index in [0.29, 0.717) is 31.0 Å². The Bertz CT molecular complexity index is 829. The van der Waals surface area contributed by atoms with Gasteiger partial charge < -0.3 is 14.1 Å². The molecule has 1 fully saturated rings. The molecule has 1 amide bonds. The molecule has 0 bridgehead atoms. The lowest BCUT2D eigenvalue weighted by molar-refractivity contribution is -0.0228. The molecule has 0 radical (unpaired) electrons. The van der Waals surface area contributed by atoms with Crippen molar-refractivity contribution < 1.29 is 13.9 Å². The van der Waals surface area contributed by atoms with Crippen LogP contribution in [0.25, 0.3) is 11.3 Å². The van der Waals surface area contributed by atoms with Crippen molar-refractivity contribution >= 4 is 5.91 Å². The fourth-order valence-electron chi connectivity index (χ4n) is 3.02. The zero-order valence-electron chi connectivity index (χ0n) is 13.7. The van der Waals surface area contributed by atoms with Crippen molar-refractivity contribution in [3.05, 3.63) is 78.3 Å². The van der Waals surface area contributed by atoms with Gasteiger partial charge in [0.1, 0.15) is 6.10 Å². The van der Waals surface area contributed by atoms with E-state index in [2.05, 4.69) is 4.98 Å². The predicted octanol–water partition coefficient (Wildman–Crippen LogP) is 3.56. The van der Waals surface area contributed by atoms with Crippen molar-refractivity contribution in [3.63, 3.8) is 0 Å². The first-order chi connectivity index (χ1) is 12.3. The van der Waals surface area contributed by atoms with Crippen LogP contribution in [0.4, 0.5) is 0 Å². The molecule has 2 heterocycles. The van der Waals surface area contributed by atoms with Crippen molar-refractivity contribution in [1.82, 2.24) is 9.88 Å². The number of hydrogen-bond acceptors (Lipinski definition) is 4. The van der Waals surface area contributed by atoms with E-state index in [0.717, 1.165) is 11.1 Å². The summed E-state index contributed by atoms with van der Waals surface area (Å²) < 4.78 is 11.1. The number of carbonyl (C=O) groups excluding carboxylic acids is 1. The third kappa shape index (κ3) is 3.32. The molecule has 0 unspecified atom stereocenters. The Labute approximate surface area is 145 Å². The second kappa shape index (κ2) is 6.91. The summed E-state index contributed by atoms with van der Waals surface area (Å²) in [5.74, 6) is 0.711. The minimum atomic E-state index is -0.0765. The minimum absolute atomic E-state index is 0.0216. The molecular weight excluding hydrogens is 316 g/mol. The smallest absolute Gasteiger partial charge is 0.254 e. The number of nitrogens with zero attached hydrogens (tertiary/aromatic N) is 2. The number of carbonyl (C=O) groups is 1. The van der Waals surface area contributed by atoms with Crippen LogP contribution in [0.15, 0.2) is 71.6 Å². The van der Waals surface area contributed by atoms with Gasteiger partial charge in [-0.25, -0.2) is 4.98 Å². The number of morpholine rings is 1. The molecule has 3 aromatic rings. The quantitative estimate of drug-likeness (QED) is 0.735. The molecule has 1 atom stereocenters. The molecule has 4 rings (SSSR count). The second-order valence-corrected chi connectivity index (χ2v) is 5.96. The topological polar surface area (TPSA) is 55.6 Å². The van der Waals surface area contributed by atoms with Crippen LogP contribution in [-0.4, -0.2) is 35.5 Å². The summed E-state index contributed by atoms with van der Waals surface area (Å²) >= 11 is 0. The lowest BCUT2D eigenvalue weighted by Gasteiger charge is -2.33. The molecule has 1 aliphatic rings. The van der Waals surface area contributed by atoms with Crippen LogP contribution in [0.1, 0.15) is 22.0 Å². The molecular formula is C20H18N2O3. The maximum absolute atomic E-state index is 12.8. The first-order valence-corrected chi connectivity index (χ1v) is 8.26. The lowest BCUT2D eigenvalue weighted by Crippen LogP contribution is -2.42. The van der Waals surface area contributed by atoms with Crippen LogP contribution in [0.3, 0.4) is 0 Å². The number of oxazole rings is 1. The summed E-state index contributed by atoms with van der Waals surface area (Å²) in [6.07, 6.45) is 2.97. The van der Waals surface area contributed by atoms with Gasteiger partial charge in [-0.05, 0) is 17.7 Å². The van der Waals surface area contributed by atoms with Crippen molar-refractivity contribution in [3.8, 4) is 11.3 Å². The summed E-state index contributed by atoms with van der Waals surface area (Å²) in [6.45, 7) is 1.71. The van der Waals surface area contributed by atoms with Gasteiger partial charge in [0.2, 0.25) is 0 Å². The van der Waals surface area contributed by atoms with E-state index in [4.69, 9.17) is 9.15 Å². The van der Waals surface area contributed by atoms with Crippen LogP contribution >= 0.6 is 0 Å². The number of amides is 1. The van der Waals surface area contributed by atoms with Crippen molar-refractivity contribution in [1.29, 1.82) is 0 Å². The average Bonchev–Trinajstić information content (AvgIpc) is 3.23. The monoisotopic (exact) mass is 334 g/mol. The number of ether oxygens (including phenoxy) is 1.